The minimum Gasteiger partial charge on any atom is -0.357 e. The van der Waals surface area contributed by atoms with Gasteiger partial charge in [-0.3, -0.25) is 0 Å². The summed E-state index contributed by atoms with van der Waals surface area (Å²) in [6.07, 6.45) is 2.04. The molecule has 0 fully saturated rings. The number of benzene rings is 1. The normalized spacial score (nSPS) is 11.1. The van der Waals surface area contributed by atoms with Gasteiger partial charge in [-0.15, -0.1) is 11.3 Å². The molecule has 1 aromatic carbocycles. The van der Waals surface area contributed by atoms with Gasteiger partial charge < -0.3 is 15.2 Å². The van der Waals surface area contributed by atoms with Crippen molar-refractivity contribution in [2.24, 2.45) is 0 Å². The molecule has 0 unspecified atom stereocenters. The Morgan fingerprint density at radius 1 is 1.38 bits per heavy atom. The number of hydrogen-bond acceptors (Lipinski definition) is 3. The van der Waals surface area contributed by atoms with E-state index in [2.05, 4.69) is 22.2 Å². The maximum Gasteiger partial charge on any atom is 0.317 e. The molecule has 2 N–H and O–H groups in total. The Morgan fingerprint density at radius 2 is 2.19 bits per heavy atom. The van der Waals surface area contributed by atoms with Gasteiger partial charge in [-0.1, -0.05) is 6.92 Å². The van der Waals surface area contributed by atoms with E-state index in [0.717, 1.165) is 45.0 Å². The van der Waals surface area contributed by atoms with Crippen LogP contribution in [0.25, 0.3) is 10.9 Å². The molecule has 5 nitrogen and oxygen atoms in total. The summed E-state index contributed by atoms with van der Waals surface area (Å²) in [4.78, 5) is 22.8. The largest absolute Gasteiger partial charge is 0.357 e. The zero-order chi connectivity index (χ0) is 18.7. The summed E-state index contributed by atoms with van der Waals surface area (Å²) in [7, 11) is 1.74. The van der Waals surface area contributed by atoms with Crippen molar-refractivity contribution in [2.75, 3.05) is 7.05 Å². The van der Waals surface area contributed by atoms with Crippen LogP contribution >= 0.6 is 11.3 Å². The third-order valence-electron chi connectivity index (χ3n) is 4.19. The molecule has 0 aliphatic rings. The minimum absolute atomic E-state index is 0.153. The third-order valence-corrected chi connectivity index (χ3v) is 5.41. The fourth-order valence-corrected chi connectivity index (χ4v) is 3.95. The summed E-state index contributed by atoms with van der Waals surface area (Å²) in [6.45, 7) is 5.01. The molecule has 3 rings (SSSR count). The summed E-state index contributed by atoms with van der Waals surface area (Å²) >= 11 is 1.66. The van der Waals surface area contributed by atoms with Crippen LogP contribution in [0.3, 0.4) is 0 Å². The first-order valence-electron chi connectivity index (χ1n) is 8.67. The molecule has 26 heavy (non-hydrogen) atoms. The van der Waals surface area contributed by atoms with Gasteiger partial charge >= 0.3 is 6.03 Å². The number of aromatic nitrogens is 2. The van der Waals surface area contributed by atoms with Crippen molar-refractivity contribution < 1.29 is 9.18 Å². The minimum atomic E-state index is -0.267. The molecule has 0 radical (unpaired) electrons. The smallest absolute Gasteiger partial charge is 0.317 e. The van der Waals surface area contributed by atoms with Gasteiger partial charge in [0, 0.05) is 28.5 Å². The highest BCUT2D eigenvalue weighted by molar-refractivity contribution is 7.11. The zero-order valence-electron chi connectivity index (χ0n) is 15.2. The topological polar surface area (TPSA) is 61.0 Å². The number of nitrogens with zero attached hydrogens (tertiary/aromatic N) is 2. The lowest BCUT2D eigenvalue weighted by Crippen LogP contribution is -2.36. The van der Waals surface area contributed by atoms with Crippen LogP contribution in [0, 0.1) is 12.7 Å². The number of carbonyl (C=O) groups is 1. The van der Waals surface area contributed by atoms with Gasteiger partial charge in [-0.05, 0) is 44.0 Å². The van der Waals surface area contributed by atoms with E-state index in [9.17, 15) is 9.18 Å². The van der Waals surface area contributed by atoms with Crippen molar-refractivity contribution >= 4 is 28.3 Å². The molecule has 0 bridgehead atoms. The molecule has 0 aliphatic carbocycles. The summed E-state index contributed by atoms with van der Waals surface area (Å²) in [5.74, 6) is -0.267. The number of nitrogens with one attached hydrogen (secondary N) is 2. The van der Waals surface area contributed by atoms with Crippen LogP contribution in [-0.4, -0.2) is 27.9 Å². The van der Waals surface area contributed by atoms with E-state index < -0.39 is 0 Å². The second-order valence-corrected chi connectivity index (χ2v) is 7.58. The number of urea groups is 1. The zero-order valence-corrected chi connectivity index (χ0v) is 16.0. The Bertz CT molecular complexity index is 918. The van der Waals surface area contributed by atoms with Gasteiger partial charge in [-0.25, -0.2) is 14.2 Å². The van der Waals surface area contributed by atoms with Gasteiger partial charge in [0.1, 0.15) is 5.82 Å². The van der Waals surface area contributed by atoms with Crippen LogP contribution < -0.4 is 5.32 Å². The molecule has 7 heteroatoms. The predicted molar refractivity (Wildman–Crippen MR) is 103 cm³/mol. The van der Waals surface area contributed by atoms with E-state index in [1.165, 1.54) is 12.1 Å². The Hall–Kier alpha value is -2.41. The lowest BCUT2D eigenvalue weighted by molar-refractivity contribution is 0.206. The van der Waals surface area contributed by atoms with Crippen LogP contribution in [0.4, 0.5) is 9.18 Å². The molecule has 0 saturated heterocycles. The standard InChI is InChI=1S/C19H23FN4OS/c1-4-5-18-22-12(2)17(26-18)10-21-19(25)24(3)11-15-9-13-8-14(20)6-7-16(13)23-15/h6-9,23H,4-5,10-11H2,1-3H3,(H,21,25). The number of H-pyrrole nitrogens is 1. The first-order chi connectivity index (χ1) is 12.5. The number of amides is 2. The number of aryl methyl sites for hydroxylation is 2. The van der Waals surface area contributed by atoms with Gasteiger partial charge in [-0.2, -0.15) is 0 Å². The average Bonchev–Trinajstić information content (AvgIpc) is 3.15. The Morgan fingerprint density at radius 3 is 2.96 bits per heavy atom. The van der Waals surface area contributed by atoms with E-state index in [4.69, 9.17) is 0 Å². The first kappa shape index (κ1) is 18.4. The Kier molecular flexibility index (Phi) is 5.56. The Labute approximate surface area is 156 Å². The van der Waals surface area contributed by atoms with Gasteiger partial charge in [0.15, 0.2) is 0 Å². The van der Waals surface area contributed by atoms with Crippen LogP contribution in [-0.2, 0) is 19.5 Å². The van der Waals surface area contributed by atoms with Crippen LogP contribution in [0.15, 0.2) is 24.3 Å². The second kappa shape index (κ2) is 7.86. The lowest BCUT2D eigenvalue weighted by Gasteiger charge is -2.17. The molecule has 0 saturated carbocycles. The van der Waals surface area contributed by atoms with Crippen molar-refractivity contribution in [3.05, 3.63) is 51.4 Å². The monoisotopic (exact) mass is 374 g/mol. The average molecular weight is 374 g/mol. The fourth-order valence-electron chi connectivity index (χ4n) is 2.84. The fraction of sp³-hybridized carbons (Fsp3) is 0.368. The summed E-state index contributed by atoms with van der Waals surface area (Å²) in [5.41, 5.74) is 2.71. The predicted octanol–water partition coefficient (Wildman–Crippen LogP) is 4.37. The second-order valence-electron chi connectivity index (χ2n) is 6.41. The molecule has 2 heterocycles. The molecule has 2 amide bonds. The quantitative estimate of drug-likeness (QED) is 0.673. The maximum absolute atomic E-state index is 13.3. The maximum atomic E-state index is 13.3. The van der Waals surface area contributed by atoms with Crippen molar-refractivity contribution in [2.45, 2.75) is 39.8 Å². The SMILES string of the molecule is CCCc1nc(C)c(CNC(=O)N(C)Cc2cc3cc(F)ccc3[nH]2)s1. The molecule has 0 aliphatic heterocycles. The number of aromatic amines is 1. The molecular weight excluding hydrogens is 351 g/mol. The van der Waals surface area contributed by atoms with Crippen LogP contribution in [0.1, 0.15) is 34.6 Å². The van der Waals surface area contributed by atoms with E-state index in [-0.39, 0.29) is 11.8 Å². The lowest BCUT2D eigenvalue weighted by atomic mass is 10.2. The number of hydrogen-bond donors (Lipinski definition) is 2. The highest BCUT2D eigenvalue weighted by Gasteiger charge is 2.13. The van der Waals surface area contributed by atoms with Crippen molar-refractivity contribution in [1.29, 1.82) is 0 Å². The van der Waals surface area contributed by atoms with Crippen LogP contribution in [0.5, 0.6) is 0 Å². The summed E-state index contributed by atoms with van der Waals surface area (Å²) in [6, 6.07) is 6.32. The molecule has 0 spiro atoms. The summed E-state index contributed by atoms with van der Waals surface area (Å²) < 4.78 is 13.3. The first-order valence-corrected chi connectivity index (χ1v) is 9.49. The van der Waals surface area contributed by atoms with E-state index in [1.807, 2.05) is 13.0 Å². The molecule has 2 aromatic heterocycles. The molecule has 3 aromatic rings. The summed E-state index contributed by atoms with van der Waals surface area (Å²) in [5, 5.41) is 4.86. The van der Waals surface area contributed by atoms with Crippen molar-refractivity contribution in [1.82, 2.24) is 20.2 Å². The highest BCUT2D eigenvalue weighted by Crippen LogP contribution is 2.20. The number of rotatable bonds is 6. The van der Waals surface area contributed by atoms with Gasteiger partial charge in [0.2, 0.25) is 0 Å². The van der Waals surface area contributed by atoms with Gasteiger partial charge in [0.25, 0.3) is 0 Å². The molecular formula is C19H23FN4OS. The number of thiazole rings is 1. The molecule has 0 atom stereocenters. The van der Waals surface area contributed by atoms with Crippen molar-refractivity contribution in [3.8, 4) is 0 Å². The van der Waals surface area contributed by atoms with E-state index >= 15 is 0 Å². The highest BCUT2D eigenvalue weighted by atomic mass is 32.1. The van der Waals surface area contributed by atoms with E-state index in [1.54, 1.807) is 29.4 Å². The van der Waals surface area contributed by atoms with E-state index in [0.29, 0.717) is 13.1 Å². The number of halogens is 1. The van der Waals surface area contributed by atoms with Crippen LogP contribution in [0.2, 0.25) is 0 Å². The molecule has 138 valence electrons. The Balaban J connectivity index is 1.58. The number of fused-ring (bicyclic) bond motifs is 1. The number of carbonyl (C=O) groups excluding carboxylic acids is 1. The van der Waals surface area contributed by atoms with Crippen molar-refractivity contribution in [3.63, 3.8) is 0 Å². The van der Waals surface area contributed by atoms with Gasteiger partial charge in [0.05, 0.1) is 23.8 Å². The third kappa shape index (κ3) is 4.22.